The van der Waals surface area contributed by atoms with Crippen molar-refractivity contribution in [1.82, 2.24) is 9.38 Å². The van der Waals surface area contributed by atoms with E-state index in [1.807, 2.05) is 12.5 Å². The normalized spacial score (nSPS) is 12.4. The standard InChI is InChI=1S/C12H20N2OSSi/c1-4-5-6-17(2,3)15-8-11-9-16-12-7-13-10-14(11)12/h7,9-10H,4-6,8H2,1-3H3. The molecule has 0 atom stereocenters. The Balaban J connectivity index is 1.96. The molecule has 0 aliphatic carbocycles. The number of thiazole rings is 1. The zero-order valence-corrected chi connectivity index (χ0v) is 12.6. The van der Waals surface area contributed by atoms with E-state index in [0.717, 1.165) is 6.61 Å². The number of imidazole rings is 1. The van der Waals surface area contributed by atoms with Crippen LogP contribution in [-0.4, -0.2) is 17.7 Å². The zero-order valence-electron chi connectivity index (χ0n) is 10.8. The van der Waals surface area contributed by atoms with Crippen LogP contribution in [0.3, 0.4) is 0 Å². The van der Waals surface area contributed by atoms with Gasteiger partial charge in [0.25, 0.3) is 0 Å². The topological polar surface area (TPSA) is 26.5 Å². The molecule has 0 aliphatic rings. The minimum Gasteiger partial charge on any atom is -0.412 e. The second-order valence-electron chi connectivity index (χ2n) is 4.98. The van der Waals surface area contributed by atoms with Gasteiger partial charge in [-0.1, -0.05) is 19.8 Å². The summed E-state index contributed by atoms with van der Waals surface area (Å²) in [5.74, 6) is 0. The Morgan fingerprint density at radius 1 is 1.47 bits per heavy atom. The summed E-state index contributed by atoms with van der Waals surface area (Å²) in [5, 5.41) is 2.17. The quantitative estimate of drug-likeness (QED) is 0.742. The summed E-state index contributed by atoms with van der Waals surface area (Å²) < 4.78 is 8.27. The molecule has 0 saturated heterocycles. The first-order valence-corrected chi connectivity index (χ1v) is 10.1. The summed E-state index contributed by atoms with van der Waals surface area (Å²) in [7, 11) is -1.48. The van der Waals surface area contributed by atoms with Crippen LogP contribution >= 0.6 is 11.3 Å². The Morgan fingerprint density at radius 3 is 3.06 bits per heavy atom. The van der Waals surface area contributed by atoms with Gasteiger partial charge in [0.15, 0.2) is 8.32 Å². The monoisotopic (exact) mass is 268 g/mol. The molecule has 0 fully saturated rings. The van der Waals surface area contributed by atoms with Crippen LogP contribution in [0.25, 0.3) is 4.83 Å². The first-order valence-electron chi connectivity index (χ1n) is 6.15. The molecule has 0 amide bonds. The van der Waals surface area contributed by atoms with Crippen molar-refractivity contribution in [3.63, 3.8) is 0 Å². The highest BCUT2D eigenvalue weighted by atomic mass is 32.1. The van der Waals surface area contributed by atoms with E-state index in [1.165, 1.54) is 29.4 Å². The molecular formula is C12H20N2OSSi. The predicted molar refractivity (Wildman–Crippen MR) is 75.1 cm³/mol. The van der Waals surface area contributed by atoms with Crippen molar-refractivity contribution in [2.24, 2.45) is 0 Å². The number of rotatable bonds is 6. The number of fused-ring (bicyclic) bond motifs is 1. The molecule has 0 aromatic carbocycles. The fourth-order valence-electron chi connectivity index (χ4n) is 1.82. The van der Waals surface area contributed by atoms with Gasteiger partial charge in [-0.3, -0.25) is 4.40 Å². The average Bonchev–Trinajstić information content (AvgIpc) is 2.86. The Kier molecular flexibility index (Phi) is 4.01. The molecule has 0 unspecified atom stereocenters. The van der Waals surface area contributed by atoms with Crippen molar-refractivity contribution in [3.05, 3.63) is 23.6 Å². The first-order chi connectivity index (χ1) is 8.12. The molecule has 2 aromatic heterocycles. The number of nitrogens with zero attached hydrogens (tertiary/aromatic N) is 2. The molecule has 17 heavy (non-hydrogen) atoms. The third-order valence-corrected chi connectivity index (χ3v) is 6.39. The molecule has 0 N–H and O–H groups in total. The predicted octanol–water partition coefficient (Wildman–Crippen LogP) is 3.92. The van der Waals surface area contributed by atoms with E-state index in [2.05, 4.69) is 34.8 Å². The smallest absolute Gasteiger partial charge is 0.187 e. The third-order valence-electron chi connectivity index (χ3n) is 2.97. The van der Waals surface area contributed by atoms with Crippen LogP contribution in [0, 0.1) is 0 Å². The van der Waals surface area contributed by atoms with Crippen LogP contribution in [0.4, 0.5) is 0 Å². The molecule has 94 valence electrons. The Labute approximate surface area is 108 Å². The molecule has 2 rings (SSSR count). The molecular weight excluding hydrogens is 248 g/mol. The summed E-state index contributed by atoms with van der Waals surface area (Å²) in [6.07, 6.45) is 6.30. The average molecular weight is 268 g/mol. The Bertz CT molecular complexity index is 478. The Hall–Kier alpha value is -0.653. The maximum atomic E-state index is 6.15. The minimum atomic E-state index is -1.48. The van der Waals surface area contributed by atoms with Crippen LogP contribution < -0.4 is 0 Å². The Morgan fingerprint density at radius 2 is 2.29 bits per heavy atom. The van der Waals surface area contributed by atoms with Crippen molar-refractivity contribution in [1.29, 1.82) is 0 Å². The van der Waals surface area contributed by atoms with E-state index in [-0.39, 0.29) is 0 Å². The van der Waals surface area contributed by atoms with E-state index in [1.54, 1.807) is 11.3 Å². The van der Waals surface area contributed by atoms with E-state index in [9.17, 15) is 0 Å². The molecule has 0 bridgehead atoms. The molecule has 3 nitrogen and oxygen atoms in total. The van der Waals surface area contributed by atoms with Crippen LogP contribution in [0.1, 0.15) is 25.5 Å². The number of aromatic nitrogens is 2. The van der Waals surface area contributed by atoms with Crippen molar-refractivity contribution in [2.45, 2.75) is 45.5 Å². The van der Waals surface area contributed by atoms with Crippen LogP contribution in [0.15, 0.2) is 17.9 Å². The van der Waals surface area contributed by atoms with E-state index < -0.39 is 8.32 Å². The fourth-order valence-corrected chi connectivity index (χ4v) is 4.54. The lowest BCUT2D eigenvalue weighted by Crippen LogP contribution is -2.29. The fraction of sp³-hybridized carbons (Fsp3) is 0.583. The van der Waals surface area contributed by atoms with Gasteiger partial charge in [0.1, 0.15) is 11.2 Å². The van der Waals surface area contributed by atoms with Crippen molar-refractivity contribution >= 4 is 24.5 Å². The maximum absolute atomic E-state index is 6.15. The van der Waals surface area contributed by atoms with E-state index in [4.69, 9.17) is 4.43 Å². The van der Waals surface area contributed by atoms with Gasteiger partial charge in [-0.05, 0) is 19.1 Å². The van der Waals surface area contributed by atoms with Gasteiger partial charge in [-0.15, -0.1) is 11.3 Å². The van der Waals surface area contributed by atoms with Gasteiger partial charge in [0.05, 0.1) is 18.5 Å². The first kappa shape index (κ1) is 12.8. The lowest BCUT2D eigenvalue weighted by molar-refractivity contribution is 0.288. The summed E-state index contributed by atoms with van der Waals surface area (Å²) in [5.41, 5.74) is 1.22. The summed E-state index contributed by atoms with van der Waals surface area (Å²) in [4.78, 5) is 5.34. The maximum Gasteiger partial charge on any atom is 0.187 e. The van der Waals surface area contributed by atoms with Gasteiger partial charge in [0, 0.05) is 5.38 Å². The lowest BCUT2D eigenvalue weighted by atomic mass is 10.4. The van der Waals surface area contributed by atoms with Gasteiger partial charge >= 0.3 is 0 Å². The second-order valence-corrected chi connectivity index (χ2v) is 10.2. The van der Waals surface area contributed by atoms with Crippen LogP contribution in [-0.2, 0) is 11.0 Å². The summed E-state index contributed by atoms with van der Waals surface area (Å²) >= 11 is 1.72. The van der Waals surface area contributed by atoms with Gasteiger partial charge < -0.3 is 4.43 Å². The highest BCUT2D eigenvalue weighted by Crippen LogP contribution is 2.20. The van der Waals surface area contributed by atoms with E-state index in [0.29, 0.717) is 0 Å². The molecule has 2 aromatic rings. The summed E-state index contributed by atoms with van der Waals surface area (Å²) in [6.45, 7) is 7.57. The highest BCUT2D eigenvalue weighted by Gasteiger charge is 2.22. The SMILES string of the molecule is CCCC[Si](C)(C)OCc1csc2cncn12. The zero-order chi connectivity index (χ0) is 12.3. The number of hydrogen-bond acceptors (Lipinski definition) is 3. The van der Waals surface area contributed by atoms with Crippen LogP contribution in [0.2, 0.25) is 19.1 Å². The highest BCUT2D eigenvalue weighted by molar-refractivity contribution is 7.15. The number of unbranched alkanes of at least 4 members (excludes halogenated alkanes) is 1. The van der Waals surface area contributed by atoms with E-state index >= 15 is 0 Å². The van der Waals surface area contributed by atoms with Crippen molar-refractivity contribution in [3.8, 4) is 0 Å². The van der Waals surface area contributed by atoms with Gasteiger partial charge in [-0.2, -0.15) is 0 Å². The molecule has 5 heteroatoms. The lowest BCUT2D eigenvalue weighted by Gasteiger charge is -2.22. The molecule has 0 aliphatic heterocycles. The summed E-state index contributed by atoms with van der Waals surface area (Å²) in [6, 6.07) is 1.25. The van der Waals surface area contributed by atoms with Crippen molar-refractivity contribution in [2.75, 3.05) is 0 Å². The third kappa shape index (κ3) is 3.17. The van der Waals surface area contributed by atoms with Gasteiger partial charge in [-0.25, -0.2) is 4.98 Å². The van der Waals surface area contributed by atoms with Crippen molar-refractivity contribution < 1.29 is 4.43 Å². The molecule has 2 heterocycles. The minimum absolute atomic E-state index is 0.722. The molecule has 0 saturated carbocycles. The second kappa shape index (κ2) is 5.33. The number of hydrogen-bond donors (Lipinski definition) is 0. The largest absolute Gasteiger partial charge is 0.412 e. The van der Waals surface area contributed by atoms with Crippen LogP contribution in [0.5, 0.6) is 0 Å². The molecule has 0 radical (unpaired) electrons. The van der Waals surface area contributed by atoms with Gasteiger partial charge in [0.2, 0.25) is 0 Å². The molecule has 0 spiro atoms.